The zero-order chi connectivity index (χ0) is 30.3. The minimum absolute atomic E-state index is 0.0457. The van der Waals surface area contributed by atoms with E-state index in [0.29, 0.717) is 0 Å². The van der Waals surface area contributed by atoms with Crippen molar-refractivity contribution in [2.24, 2.45) is 0 Å². The van der Waals surface area contributed by atoms with Gasteiger partial charge in [0.1, 0.15) is 66.1 Å². The third kappa shape index (κ3) is 8.36. The Kier molecular flexibility index (Phi) is 11.9. The lowest BCUT2D eigenvalue weighted by molar-refractivity contribution is -0.341. The fourth-order valence-electron chi connectivity index (χ4n) is 4.40. The predicted molar refractivity (Wildman–Crippen MR) is 144 cm³/mol. The van der Waals surface area contributed by atoms with Gasteiger partial charge in [0.2, 0.25) is 0 Å². The Hall–Kier alpha value is -2.82. The number of phenolic OH excluding ortho intramolecular Hbond substituents is 2. The molecular formula is C28H38O13. The summed E-state index contributed by atoms with van der Waals surface area (Å²) in [6, 6.07) is 12.1. The molecule has 9 N–H and O–H groups in total. The van der Waals surface area contributed by atoms with Crippen LogP contribution < -0.4 is 4.74 Å². The van der Waals surface area contributed by atoms with E-state index in [2.05, 4.69) is 0 Å². The number of benzene rings is 2. The van der Waals surface area contributed by atoms with Gasteiger partial charge >= 0.3 is 0 Å². The first-order chi connectivity index (χ1) is 19.5. The Morgan fingerprint density at radius 3 is 1.85 bits per heavy atom. The first kappa shape index (κ1) is 32.7. The van der Waals surface area contributed by atoms with E-state index in [9.17, 15) is 40.9 Å². The normalized spacial score (nSPS) is 33.7. The van der Waals surface area contributed by atoms with Crippen molar-refractivity contribution in [2.75, 3.05) is 20.3 Å². The fraction of sp³-hybridized carbons (Fsp3) is 0.500. The van der Waals surface area contributed by atoms with Crippen molar-refractivity contribution >= 4 is 12.2 Å². The van der Waals surface area contributed by atoms with Gasteiger partial charge in [-0.3, -0.25) is 0 Å². The fourth-order valence-corrected chi connectivity index (χ4v) is 4.40. The van der Waals surface area contributed by atoms with E-state index in [0.717, 1.165) is 16.9 Å². The van der Waals surface area contributed by atoms with E-state index in [4.69, 9.17) is 24.1 Å². The Balaban J connectivity index is 0.000000232. The molecule has 10 atom stereocenters. The van der Waals surface area contributed by atoms with Gasteiger partial charge in [-0.15, -0.1) is 0 Å². The molecule has 0 saturated carbocycles. The Morgan fingerprint density at radius 2 is 1.29 bits per heavy atom. The van der Waals surface area contributed by atoms with Crippen molar-refractivity contribution < 1.29 is 64.9 Å². The van der Waals surface area contributed by atoms with Crippen molar-refractivity contribution in [1.29, 1.82) is 0 Å². The molecule has 2 aromatic rings. The highest BCUT2D eigenvalue weighted by atomic mass is 16.7. The van der Waals surface area contributed by atoms with Crippen LogP contribution in [0.3, 0.4) is 0 Å². The molecule has 10 unspecified atom stereocenters. The molecule has 0 spiro atoms. The van der Waals surface area contributed by atoms with Gasteiger partial charge in [0.25, 0.3) is 0 Å². The molecule has 13 nitrogen and oxygen atoms in total. The largest absolute Gasteiger partial charge is 0.508 e. The highest BCUT2D eigenvalue weighted by molar-refractivity contribution is 5.71. The number of methoxy groups -OCH3 is 1. The predicted octanol–water partition coefficient (Wildman–Crippen LogP) is -1.05. The quantitative estimate of drug-likeness (QED) is 0.178. The third-order valence-corrected chi connectivity index (χ3v) is 6.75. The van der Waals surface area contributed by atoms with E-state index in [1.807, 2.05) is 36.4 Å². The molecule has 13 heteroatoms. The molecule has 228 valence electrons. The van der Waals surface area contributed by atoms with Crippen LogP contribution in [-0.4, -0.2) is 128 Å². The van der Waals surface area contributed by atoms with Crippen molar-refractivity contribution in [3.8, 4) is 17.2 Å². The molecule has 2 aromatic carbocycles. The van der Waals surface area contributed by atoms with Crippen molar-refractivity contribution in [1.82, 2.24) is 0 Å². The summed E-state index contributed by atoms with van der Waals surface area (Å²) in [6.07, 6.45) is -9.47. The SMILES string of the molecule is CC1OC(CO)C(OC2OC(CO)C(O)C(O)C2O)C(O)C1O.COc1ccc(/C=C/c2cc(O)cc(O)c2)cc1. The molecular weight excluding hydrogens is 544 g/mol. The lowest BCUT2D eigenvalue weighted by Crippen LogP contribution is -2.64. The second-order valence-electron chi connectivity index (χ2n) is 9.73. The first-order valence-corrected chi connectivity index (χ1v) is 12.9. The van der Waals surface area contributed by atoms with E-state index in [1.165, 1.54) is 13.0 Å². The van der Waals surface area contributed by atoms with Gasteiger partial charge in [-0.05, 0) is 42.3 Å². The monoisotopic (exact) mass is 582 g/mol. The van der Waals surface area contributed by atoms with Crippen LogP contribution in [0.2, 0.25) is 0 Å². The molecule has 4 rings (SSSR count). The van der Waals surface area contributed by atoms with Crippen LogP contribution in [0.15, 0.2) is 42.5 Å². The number of phenols is 2. The highest BCUT2D eigenvalue weighted by Gasteiger charge is 2.49. The Bertz CT molecular complexity index is 1090. The third-order valence-electron chi connectivity index (χ3n) is 6.75. The van der Waals surface area contributed by atoms with Gasteiger partial charge in [0.05, 0.1) is 26.4 Å². The standard InChI is InChI=1S/C15H14O3.C13H24O10/c1-18-15-6-4-11(5-7-15)2-3-12-8-13(16)10-14(17)9-12;1-4-7(16)10(19)12(6(3-15)21-4)23-13-11(20)9(18)8(17)5(2-14)22-13/h2-10,16-17H,1H3;4-20H,2-3H2,1H3/b3-2+;. The number of aromatic hydroxyl groups is 2. The lowest BCUT2D eigenvalue weighted by atomic mass is 9.95. The zero-order valence-electron chi connectivity index (χ0n) is 22.5. The summed E-state index contributed by atoms with van der Waals surface area (Å²) in [7, 11) is 1.63. The number of ether oxygens (including phenoxy) is 4. The molecule has 2 heterocycles. The maximum absolute atomic E-state index is 10.1. The number of hydrogen-bond donors (Lipinski definition) is 9. The van der Waals surface area contributed by atoms with E-state index < -0.39 is 74.4 Å². The van der Waals surface area contributed by atoms with Crippen LogP contribution in [-0.2, 0) is 14.2 Å². The smallest absolute Gasteiger partial charge is 0.187 e. The molecule has 0 bridgehead atoms. The van der Waals surface area contributed by atoms with Crippen molar-refractivity contribution in [2.45, 2.75) is 68.1 Å². The van der Waals surface area contributed by atoms with Crippen LogP contribution in [0.25, 0.3) is 12.2 Å². The summed E-state index contributed by atoms with van der Waals surface area (Å²) in [6.45, 7) is 0.369. The number of rotatable bonds is 7. The first-order valence-electron chi connectivity index (χ1n) is 12.9. The van der Waals surface area contributed by atoms with Crippen LogP contribution in [0.5, 0.6) is 17.2 Å². The summed E-state index contributed by atoms with van der Waals surface area (Å²) >= 11 is 0. The summed E-state index contributed by atoms with van der Waals surface area (Å²) in [5.74, 6) is 0.899. The summed E-state index contributed by atoms with van der Waals surface area (Å²) in [4.78, 5) is 0. The van der Waals surface area contributed by atoms with Crippen molar-refractivity contribution in [3.63, 3.8) is 0 Å². The minimum atomic E-state index is -1.66. The molecule has 2 aliphatic heterocycles. The van der Waals surface area contributed by atoms with Crippen LogP contribution in [0, 0.1) is 0 Å². The molecule has 41 heavy (non-hydrogen) atoms. The topological polar surface area (TPSA) is 219 Å². The number of aliphatic hydroxyl groups excluding tert-OH is 7. The van der Waals surface area contributed by atoms with Crippen LogP contribution in [0.4, 0.5) is 0 Å². The van der Waals surface area contributed by atoms with E-state index in [-0.39, 0.29) is 11.5 Å². The van der Waals surface area contributed by atoms with Crippen molar-refractivity contribution in [3.05, 3.63) is 53.6 Å². The second kappa shape index (κ2) is 14.9. The molecule has 0 radical (unpaired) electrons. The second-order valence-corrected chi connectivity index (χ2v) is 9.73. The maximum Gasteiger partial charge on any atom is 0.187 e. The van der Waals surface area contributed by atoms with E-state index >= 15 is 0 Å². The molecule has 2 aliphatic rings. The summed E-state index contributed by atoms with van der Waals surface area (Å²) in [5, 5.41) is 86.5. The molecule has 0 aliphatic carbocycles. The van der Waals surface area contributed by atoms with Gasteiger partial charge in [-0.25, -0.2) is 0 Å². The number of aliphatic hydroxyl groups is 7. The molecule has 2 saturated heterocycles. The van der Waals surface area contributed by atoms with Gasteiger partial charge in [0, 0.05) is 6.07 Å². The average Bonchev–Trinajstić information content (AvgIpc) is 2.96. The van der Waals surface area contributed by atoms with Gasteiger partial charge in [-0.2, -0.15) is 0 Å². The minimum Gasteiger partial charge on any atom is -0.508 e. The van der Waals surface area contributed by atoms with Gasteiger partial charge in [-0.1, -0.05) is 24.3 Å². The summed E-state index contributed by atoms with van der Waals surface area (Å²) < 4.78 is 21.0. The van der Waals surface area contributed by atoms with E-state index in [1.54, 1.807) is 19.2 Å². The molecule has 0 aromatic heterocycles. The molecule has 2 fully saturated rings. The Morgan fingerprint density at radius 1 is 0.707 bits per heavy atom. The van der Waals surface area contributed by atoms with Crippen LogP contribution in [0.1, 0.15) is 18.1 Å². The lowest BCUT2D eigenvalue weighted by Gasteiger charge is -2.45. The van der Waals surface area contributed by atoms with Gasteiger partial charge < -0.3 is 64.9 Å². The zero-order valence-corrected chi connectivity index (χ0v) is 22.5. The highest BCUT2D eigenvalue weighted by Crippen LogP contribution is 2.29. The van der Waals surface area contributed by atoms with Crippen LogP contribution >= 0.6 is 0 Å². The average molecular weight is 583 g/mol. The number of hydrogen-bond acceptors (Lipinski definition) is 13. The van der Waals surface area contributed by atoms with Gasteiger partial charge in [0.15, 0.2) is 6.29 Å². The maximum atomic E-state index is 10.1. The Labute approximate surface area is 236 Å². The summed E-state index contributed by atoms with van der Waals surface area (Å²) in [5.41, 5.74) is 1.75. The molecule has 0 amide bonds.